The van der Waals surface area contributed by atoms with E-state index in [2.05, 4.69) is 6.92 Å². The van der Waals surface area contributed by atoms with Crippen molar-refractivity contribution in [3.63, 3.8) is 0 Å². The number of pyridine rings is 1. The van der Waals surface area contributed by atoms with Gasteiger partial charge in [0.25, 0.3) is 6.04 Å². The molecule has 0 bridgehead atoms. The fourth-order valence-electron chi connectivity index (χ4n) is 2.98. The number of esters is 1. The average Bonchev–Trinajstić information content (AvgIpc) is 2.65. The number of benzene rings is 1. The third-order valence-electron chi connectivity index (χ3n) is 4.41. The van der Waals surface area contributed by atoms with Crippen LogP contribution in [0.2, 0.25) is 0 Å². The molecule has 0 fully saturated rings. The fourth-order valence-corrected chi connectivity index (χ4v) is 2.98. The Morgan fingerprint density at radius 2 is 1.46 bits per heavy atom. The third kappa shape index (κ3) is 8.13. The van der Waals surface area contributed by atoms with Gasteiger partial charge >= 0.3 is 5.97 Å². The number of aromatic nitrogens is 1. The first kappa shape index (κ1) is 22.4. The summed E-state index contributed by atoms with van der Waals surface area (Å²) in [6.07, 6.45) is 13.4. The molecule has 142 valence electrons. The van der Waals surface area contributed by atoms with E-state index < -0.39 is 0 Å². The third-order valence-corrected chi connectivity index (χ3v) is 4.41. The summed E-state index contributed by atoms with van der Waals surface area (Å²) in [5.41, 5.74) is 0. The van der Waals surface area contributed by atoms with Crippen molar-refractivity contribution in [1.29, 1.82) is 0 Å². The standard InChI is InChI=1S/C22H30NO2.BrH/c1-2-3-4-5-6-7-12-17-21(23-18-13-9-14-19-23)22(24)25-20-15-10-8-11-16-20;/h8-11,13-16,18-19,21H,2-7,12,17H2,1H3;1H/q+1;/p-1. The van der Waals surface area contributed by atoms with E-state index in [1.165, 1.54) is 38.5 Å². The molecule has 1 unspecified atom stereocenters. The zero-order chi connectivity index (χ0) is 17.7. The van der Waals surface area contributed by atoms with E-state index in [9.17, 15) is 4.79 Å². The van der Waals surface area contributed by atoms with Crippen molar-refractivity contribution < 1.29 is 31.1 Å². The van der Waals surface area contributed by atoms with Gasteiger partial charge in [0, 0.05) is 18.6 Å². The van der Waals surface area contributed by atoms with Crippen LogP contribution >= 0.6 is 0 Å². The maximum atomic E-state index is 12.7. The number of halogens is 1. The average molecular weight is 420 g/mol. The maximum Gasteiger partial charge on any atom is 0.381 e. The van der Waals surface area contributed by atoms with Crippen LogP contribution in [-0.4, -0.2) is 5.97 Å². The monoisotopic (exact) mass is 419 g/mol. The van der Waals surface area contributed by atoms with E-state index in [0.717, 1.165) is 12.8 Å². The number of carbonyl (C=O) groups is 1. The molecular weight excluding hydrogens is 390 g/mol. The van der Waals surface area contributed by atoms with Crippen molar-refractivity contribution in [2.45, 2.75) is 64.3 Å². The Morgan fingerprint density at radius 3 is 2.12 bits per heavy atom. The Bertz CT molecular complexity index is 604. The molecule has 0 saturated heterocycles. The lowest BCUT2D eigenvalue weighted by molar-refractivity contribution is -0.711. The Balaban J connectivity index is 0.00000338. The highest BCUT2D eigenvalue weighted by atomic mass is 79.9. The van der Waals surface area contributed by atoms with Crippen molar-refractivity contribution in [1.82, 2.24) is 0 Å². The smallest absolute Gasteiger partial charge is 0.381 e. The summed E-state index contributed by atoms with van der Waals surface area (Å²) in [5, 5.41) is 0. The molecule has 2 rings (SSSR count). The number of rotatable bonds is 11. The molecule has 0 saturated carbocycles. The van der Waals surface area contributed by atoms with E-state index in [1.807, 2.05) is 65.5 Å². The van der Waals surface area contributed by atoms with E-state index in [4.69, 9.17) is 4.74 Å². The predicted octanol–water partition coefficient (Wildman–Crippen LogP) is 2.27. The molecule has 0 amide bonds. The Kier molecular flexibility index (Phi) is 11.6. The largest absolute Gasteiger partial charge is 1.00 e. The van der Waals surface area contributed by atoms with Crippen LogP contribution in [0.25, 0.3) is 0 Å². The summed E-state index contributed by atoms with van der Waals surface area (Å²) in [6.45, 7) is 2.24. The summed E-state index contributed by atoms with van der Waals surface area (Å²) in [7, 11) is 0. The van der Waals surface area contributed by atoms with Crippen molar-refractivity contribution in [2.24, 2.45) is 0 Å². The highest BCUT2D eigenvalue weighted by Crippen LogP contribution is 2.17. The molecule has 1 aromatic heterocycles. The van der Waals surface area contributed by atoms with Crippen molar-refractivity contribution in [3.05, 3.63) is 60.9 Å². The second kappa shape index (κ2) is 13.5. The molecule has 0 spiro atoms. The molecule has 4 heteroatoms. The number of nitrogens with zero attached hydrogens (tertiary/aromatic N) is 1. The van der Waals surface area contributed by atoms with Crippen LogP contribution in [-0.2, 0) is 4.79 Å². The minimum Gasteiger partial charge on any atom is -1.00 e. The van der Waals surface area contributed by atoms with Crippen LogP contribution in [0, 0.1) is 0 Å². The van der Waals surface area contributed by atoms with Gasteiger partial charge < -0.3 is 21.7 Å². The van der Waals surface area contributed by atoms with Gasteiger partial charge in [0.15, 0.2) is 12.4 Å². The number of carbonyl (C=O) groups excluding carboxylic acids is 1. The number of para-hydroxylation sites is 1. The molecule has 0 radical (unpaired) electrons. The molecule has 0 aliphatic carbocycles. The number of hydrogen-bond donors (Lipinski definition) is 0. The predicted molar refractivity (Wildman–Crippen MR) is 100 cm³/mol. The van der Waals surface area contributed by atoms with E-state index >= 15 is 0 Å². The van der Waals surface area contributed by atoms with Crippen molar-refractivity contribution >= 4 is 5.97 Å². The highest BCUT2D eigenvalue weighted by molar-refractivity contribution is 5.75. The Labute approximate surface area is 168 Å². The van der Waals surface area contributed by atoms with Gasteiger partial charge in [0.2, 0.25) is 0 Å². The minimum absolute atomic E-state index is 0. The molecule has 2 aromatic rings. The highest BCUT2D eigenvalue weighted by Gasteiger charge is 2.28. The van der Waals surface area contributed by atoms with Gasteiger partial charge in [-0.25, -0.2) is 4.79 Å². The van der Waals surface area contributed by atoms with Crippen LogP contribution in [0.4, 0.5) is 0 Å². The molecule has 1 atom stereocenters. The van der Waals surface area contributed by atoms with Gasteiger partial charge in [0.1, 0.15) is 5.75 Å². The lowest BCUT2D eigenvalue weighted by Gasteiger charge is -2.12. The van der Waals surface area contributed by atoms with Gasteiger partial charge in [-0.2, -0.15) is 4.57 Å². The van der Waals surface area contributed by atoms with Gasteiger partial charge in [-0.05, 0) is 18.6 Å². The molecule has 1 heterocycles. The summed E-state index contributed by atoms with van der Waals surface area (Å²) in [5.74, 6) is 0.418. The first-order valence-corrected chi connectivity index (χ1v) is 9.54. The summed E-state index contributed by atoms with van der Waals surface area (Å²) >= 11 is 0. The normalized spacial score (nSPS) is 11.4. The van der Waals surface area contributed by atoms with E-state index in [-0.39, 0.29) is 29.0 Å². The van der Waals surface area contributed by atoms with E-state index in [0.29, 0.717) is 5.75 Å². The molecule has 0 aliphatic heterocycles. The van der Waals surface area contributed by atoms with E-state index in [1.54, 1.807) is 0 Å². The lowest BCUT2D eigenvalue weighted by atomic mass is 10.0. The first-order chi connectivity index (χ1) is 12.3. The fraction of sp³-hybridized carbons (Fsp3) is 0.455. The van der Waals surface area contributed by atoms with Crippen LogP contribution in [0.3, 0.4) is 0 Å². The SMILES string of the molecule is CCCCCCCCCC(C(=O)Oc1ccccc1)[n+]1ccccc1.[Br-]. The topological polar surface area (TPSA) is 30.2 Å². The maximum absolute atomic E-state index is 12.7. The summed E-state index contributed by atoms with van der Waals surface area (Å²) < 4.78 is 7.54. The molecule has 3 nitrogen and oxygen atoms in total. The van der Waals surface area contributed by atoms with Crippen LogP contribution in [0.15, 0.2) is 60.9 Å². The summed E-state index contributed by atoms with van der Waals surface area (Å²) in [4.78, 5) is 12.7. The molecule has 0 aliphatic rings. The first-order valence-electron chi connectivity index (χ1n) is 9.54. The Morgan fingerprint density at radius 1 is 0.885 bits per heavy atom. The van der Waals surface area contributed by atoms with Crippen LogP contribution in [0.5, 0.6) is 5.75 Å². The zero-order valence-electron chi connectivity index (χ0n) is 15.6. The molecule has 26 heavy (non-hydrogen) atoms. The Hall–Kier alpha value is -1.68. The van der Waals surface area contributed by atoms with Crippen molar-refractivity contribution in [3.8, 4) is 5.75 Å². The molecular formula is C22H30BrNO2. The molecule has 0 N–H and O–H groups in total. The van der Waals surface area contributed by atoms with Gasteiger partial charge in [-0.15, -0.1) is 0 Å². The quantitative estimate of drug-likeness (QED) is 0.242. The van der Waals surface area contributed by atoms with Gasteiger partial charge in [-0.1, -0.05) is 69.7 Å². The number of ether oxygens (including phenoxy) is 1. The number of hydrogen-bond acceptors (Lipinski definition) is 2. The lowest BCUT2D eigenvalue weighted by Crippen LogP contribution is -3.00. The molecule has 1 aromatic carbocycles. The van der Waals surface area contributed by atoms with Crippen LogP contribution in [0.1, 0.15) is 64.3 Å². The number of unbranched alkanes of at least 4 members (excludes halogenated alkanes) is 6. The second-order valence-corrected chi connectivity index (χ2v) is 6.48. The van der Waals surface area contributed by atoms with Gasteiger partial charge in [0.05, 0.1) is 0 Å². The van der Waals surface area contributed by atoms with Gasteiger partial charge in [-0.3, -0.25) is 0 Å². The summed E-state index contributed by atoms with van der Waals surface area (Å²) in [6, 6.07) is 14.9. The minimum atomic E-state index is -0.267. The second-order valence-electron chi connectivity index (χ2n) is 6.48. The van der Waals surface area contributed by atoms with Crippen LogP contribution < -0.4 is 26.3 Å². The zero-order valence-corrected chi connectivity index (χ0v) is 17.2. The van der Waals surface area contributed by atoms with Crippen molar-refractivity contribution in [2.75, 3.05) is 0 Å².